The van der Waals surface area contributed by atoms with Gasteiger partial charge in [-0.2, -0.15) is 0 Å². The molecular weight excluding hydrogens is 284 g/mol. The second kappa shape index (κ2) is 5.88. The highest BCUT2D eigenvalue weighted by Crippen LogP contribution is 2.25. The van der Waals surface area contributed by atoms with Crippen molar-refractivity contribution < 1.29 is 4.42 Å². The van der Waals surface area contributed by atoms with Gasteiger partial charge < -0.3 is 10.2 Å². The highest BCUT2D eigenvalue weighted by molar-refractivity contribution is 6.31. The van der Waals surface area contributed by atoms with Crippen molar-refractivity contribution in [2.75, 3.05) is 0 Å². The molecule has 3 nitrogen and oxygen atoms in total. The molecular formula is C17H17ClN2O. The number of oxazole rings is 1. The van der Waals surface area contributed by atoms with Crippen LogP contribution in [0.3, 0.4) is 0 Å². The van der Waals surface area contributed by atoms with Crippen molar-refractivity contribution in [2.24, 2.45) is 5.73 Å². The smallest absolute Gasteiger partial charge is 0.195 e. The largest absolute Gasteiger partial charge is 0.440 e. The molecule has 2 N–H and O–H groups in total. The molecule has 0 radical (unpaired) electrons. The molecule has 0 aliphatic carbocycles. The van der Waals surface area contributed by atoms with Gasteiger partial charge in [0, 0.05) is 17.5 Å². The van der Waals surface area contributed by atoms with Crippen molar-refractivity contribution in [2.45, 2.75) is 25.8 Å². The van der Waals surface area contributed by atoms with Crippen molar-refractivity contribution in [3.8, 4) is 0 Å². The third-order valence-corrected chi connectivity index (χ3v) is 3.80. The maximum Gasteiger partial charge on any atom is 0.195 e. The molecule has 1 unspecified atom stereocenters. The lowest BCUT2D eigenvalue weighted by Gasteiger charge is -2.10. The molecule has 21 heavy (non-hydrogen) atoms. The van der Waals surface area contributed by atoms with E-state index in [4.69, 9.17) is 21.8 Å². The van der Waals surface area contributed by atoms with Gasteiger partial charge in [0.15, 0.2) is 11.5 Å². The third kappa shape index (κ3) is 3.09. The predicted molar refractivity (Wildman–Crippen MR) is 85.4 cm³/mol. The van der Waals surface area contributed by atoms with Crippen LogP contribution in [0.1, 0.15) is 29.5 Å². The summed E-state index contributed by atoms with van der Waals surface area (Å²) in [6.07, 6.45) is 1.51. The van der Waals surface area contributed by atoms with Gasteiger partial charge in [0.05, 0.1) is 0 Å². The quantitative estimate of drug-likeness (QED) is 0.776. The molecule has 4 heteroatoms. The van der Waals surface area contributed by atoms with Crippen molar-refractivity contribution in [3.63, 3.8) is 0 Å². The zero-order valence-electron chi connectivity index (χ0n) is 11.8. The highest BCUT2D eigenvalue weighted by atomic mass is 35.5. The van der Waals surface area contributed by atoms with Gasteiger partial charge in [0.25, 0.3) is 0 Å². The number of hydrogen-bond acceptors (Lipinski definition) is 3. The molecule has 1 aromatic heterocycles. The first-order chi connectivity index (χ1) is 10.1. The van der Waals surface area contributed by atoms with E-state index in [0.717, 1.165) is 28.6 Å². The molecule has 1 atom stereocenters. The third-order valence-electron chi connectivity index (χ3n) is 3.58. The number of halogens is 1. The minimum absolute atomic E-state index is 0.00843. The SMILES string of the molecule is Cc1cc(Cl)cc2nc(CCC(N)c3ccccc3)oc12. The van der Waals surface area contributed by atoms with Crippen molar-refractivity contribution >= 4 is 22.7 Å². The molecule has 0 aliphatic heterocycles. The van der Waals surface area contributed by atoms with Crippen molar-refractivity contribution in [1.29, 1.82) is 0 Å². The fourth-order valence-electron chi connectivity index (χ4n) is 2.46. The summed E-state index contributed by atoms with van der Waals surface area (Å²) in [6.45, 7) is 1.97. The fourth-order valence-corrected chi connectivity index (χ4v) is 2.72. The average molecular weight is 301 g/mol. The van der Waals surface area contributed by atoms with E-state index in [-0.39, 0.29) is 6.04 Å². The summed E-state index contributed by atoms with van der Waals surface area (Å²) in [5, 5.41) is 0.681. The molecule has 0 fully saturated rings. The zero-order chi connectivity index (χ0) is 14.8. The van der Waals surface area contributed by atoms with Gasteiger partial charge in [-0.05, 0) is 36.6 Å². The van der Waals surface area contributed by atoms with E-state index < -0.39 is 0 Å². The van der Waals surface area contributed by atoms with Crippen molar-refractivity contribution in [3.05, 3.63) is 64.5 Å². The highest BCUT2D eigenvalue weighted by Gasteiger charge is 2.12. The molecule has 1 heterocycles. The lowest BCUT2D eigenvalue weighted by atomic mass is 10.0. The predicted octanol–water partition coefficient (Wildman–Crippen LogP) is 4.42. The first-order valence-corrected chi connectivity index (χ1v) is 7.37. The zero-order valence-corrected chi connectivity index (χ0v) is 12.6. The summed E-state index contributed by atoms with van der Waals surface area (Å²) >= 11 is 6.04. The molecule has 2 aromatic carbocycles. The van der Waals surface area contributed by atoms with E-state index in [1.807, 2.05) is 49.4 Å². The lowest BCUT2D eigenvalue weighted by molar-refractivity contribution is 0.500. The monoisotopic (exact) mass is 300 g/mol. The summed E-state index contributed by atoms with van der Waals surface area (Å²) < 4.78 is 5.81. The molecule has 0 bridgehead atoms. The number of nitrogens with zero attached hydrogens (tertiary/aromatic N) is 1. The standard InChI is InChI=1S/C17H17ClN2O/c1-11-9-13(18)10-15-17(11)21-16(20-15)8-7-14(19)12-5-3-2-4-6-12/h2-6,9-10,14H,7-8,19H2,1H3. The van der Waals surface area contributed by atoms with E-state index in [1.54, 1.807) is 0 Å². The van der Waals surface area contributed by atoms with E-state index in [1.165, 1.54) is 0 Å². The number of nitrogens with two attached hydrogens (primary N) is 1. The second-order valence-corrected chi connectivity index (χ2v) is 5.67. The van der Waals surface area contributed by atoms with Crippen LogP contribution in [-0.2, 0) is 6.42 Å². The summed E-state index contributed by atoms with van der Waals surface area (Å²) in [5.41, 5.74) is 9.95. The Hall–Kier alpha value is -1.84. The van der Waals surface area contributed by atoms with Crippen LogP contribution in [0, 0.1) is 6.92 Å². The van der Waals surface area contributed by atoms with Gasteiger partial charge in [-0.25, -0.2) is 4.98 Å². The summed E-state index contributed by atoms with van der Waals surface area (Å²) in [4.78, 5) is 4.49. The molecule has 3 rings (SSSR count). The molecule has 108 valence electrons. The van der Waals surface area contributed by atoms with E-state index in [2.05, 4.69) is 4.98 Å². The minimum Gasteiger partial charge on any atom is -0.440 e. The van der Waals surface area contributed by atoms with Crippen LogP contribution in [0.15, 0.2) is 46.9 Å². The molecule has 3 aromatic rings. The van der Waals surface area contributed by atoms with Crippen molar-refractivity contribution in [1.82, 2.24) is 4.98 Å². The number of rotatable bonds is 4. The Bertz CT molecular complexity index is 752. The second-order valence-electron chi connectivity index (χ2n) is 5.23. The topological polar surface area (TPSA) is 52.0 Å². The maximum absolute atomic E-state index is 6.20. The van der Waals surface area contributed by atoms with Gasteiger partial charge in [-0.3, -0.25) is 0 Å². The number of benzene rings is 2. The number of aryl methyl sites for hydroxylation is 2. The first-order valence-electron chi connectivity index (χ1n) is 6.99. The van der Waals surface area contributed by atoms with E-state index in [0.29, 0.717) is 17.3 Å². The van der Waals surface area contributed by atoms with E-state index in [9.17, 15) is 0 Å². The Morgan fingerprint density at radius 1 is 1.24 bits per heavy atom. The van der Waals surface area contributed by atoms with Crippen LogP contribution < -0.4 is 5.73 Å². The fraction of sp³-hybridized carbons (Fsp3) is 0.235. The Labute approximate surface area is 128 Å². The lowest BCUT2D eigenvalue weighted by Crippen LogP contribution is -2.11. The number of hydrogen-bond donors (Lipinski definition) is 1. The Morgan fingerprint density at radius 2 is 2.00 bits per heavy atom. The van der Waals surface area contributed by atoms with Crippen LogP contribution in [0.4, 0.5) is 0 Å². The van der Waals surface area contributed by atoms with Crippen LogP contribution in [0.5, 0.6) is 0 Å². The number of aromatic nitrogens is 1. The Morgan fingerprint density at radius 3 is 2.76 bits per heavy atom. The minimum atomic E-state index is -0.00843. The van der Waals surface area contributed by atoms with Crippen LogP contribution in [0.2, 0.25) is 5.02 Å². The normalized spacial score (nSPS) is 12.7. The van der Waals surface area contributed by atoms with Crippen LogP contribution in [0.25, 0.3) is 11.1 Å². The molecule has 0 amide bonds. The molecule has 0 saturated carbocycles. The Balaban J connectivity index is 1.75. The molecule has 0 saturated heterocycles. The molecule has 0 spiro atoms. The van der Waals surface area contributed by atoms with Gasteiger partial charge >= 0.3 is 0 Å². The van der Waals surface area contributed by atoms with Crippen LogP contribution in [-0.4, -0.2) is 4.98 Å². The Kier molecular flexibility index (Phi) is 3.95. The van der Waals surface area contributed by atoms with Gasteiger partial charge in [0.2, 0.25) is 0 Å². The van der Waals surface area contributed by atoms with Gasteiger partial charge in [-0.1, -0.05) is 41.9 Å². The van der Waals surface area contributed by atoms with E-state index >= 15 is 0 Å². The summed E-state index contributed by atoms with van der Waals surface area (Å²) in [6, 6.07) is 13.8. The molecule has 0 aliphatic rings. The summed E-state index contributed by atoms with van der Waals surface area (Å²) in [7, 11) is 0. The van der Waals surface area contributed by atoms with Gasteiger partial charge in [-0.15, -0.1) is 0 Å². The first kappa shape index (κ1) is 14.1. The number of fused-ring (bicyclic) bond motifs is 1. The maximum atomic E-state index is 6.20. The van der Waals surface area contributed by atoms with Gasteiger partial charge in [0.1, 0.15) is 5.52 Å². The summed E-state index contributed by atoms with van der Waals surface area (Å²) in [5.74, 6) is 0.710. The van der Waals surface area contributed by atoms with Crippen LogP contribution >= 0.6 is 11.6 Å². The average Bonchev–Trinajstić information content (AvgIpc) is 2.89.